The Morgan fingerprint density at radius 3 is 2.53 bits per heavy atom. The van der Waals surface area contributed by atoms with E-state index in [4.69, 9.17) is 5.73 Å². The molecule has 0 spiro atoms. The standard InChI is InChI=1S/C13H27N3O/c1-3-7-15(8-4-2)13(17)11-16-9-5-6-12(16)10-14/h12H,3-11,14H2,1-2H3. The lowest BCUT2D eigenvalue weighted by Gasteiger charge is -2.27. The molecule has 1 amide bonds. The Hall–Kier alpha value is -0.610. The van der Waals surface area contributed by atoms with E-state index in [0.29, 0.717) is 19.1 Å². The summed E-state index contributed by atoms with van der Waals surface area (Å²) in [5.74, 6) is 0.272. The Morgan fingerprint density at radius 2 is 2.00 bits per heavy atom. The lowest BCUT2D eigenvalue weighted by atomic mass is 10.2. The summed E-state index contributed by atoms with van der Waals surface area (Å²) in [5, 5.41) is 0. The lowest BCUT2D eigenvalue weighted by Crippen LogP contribution is -2.44. The first-order valence-electron chi connectivity index (χ1n) is 6.94. The highest BCUT2D eigenvalue weighted by Gasteiger charge is 2.26. The second kappa shape index (κ2) is 7.67. The fourth-order valence-corrected chi connectivity index (χ4v) is 2.55. The number of likely N-dealkylation sites (tertiary alicyclic amines) is 1. The Labute approximate surface area is 105 Å². The summed E-state index contributed by atoms with van der Waals surface area (Å²) in [5.41, 5.74) is 5.73. The number of nitrogens with zero attached hydrogens (tertiary/aromatic N) is 2. The molecule has 1 aliphatic rings. The van der Waals surface area contributed by atoms with Crippen molar-refractivity contribution in [1.29, 1.82) is 0 Å². The molecule has 0 bridgehead atoms. The summed E-state index contributed by atoms with van der Waals surface area (Å²) in [7, 11) is 0. The molecule has 0 saturated carbocycles. The monoisotopic (exact) mass is 241 g/mol. The Kier molecular flexibility index (Phi) is 6.52. The van der Waals surface area contributed by atoms with Crippen molar-refractivity contribution in [3.8, 4) is 0 Å². The molecule has 1 aliphatic heterocycles. The van der Waals surface area contributed by atoms with Crippen LogP contribution in [0.5, 0.6) is 0 Å². The summed E-state index contributed by atoms with van der Waals surface area (Å²) in [4.78, 5) is 16.4. The quantitative estimate of drug-likeness (QED) is 0.725. The van der Waals surface area contributed by atoms with Gasteiger partial charge in [0, 0.05) is 25.7 Å². The first-order valence-corrected chi connectivity index (χ1v) is 6.94. The van der Waals surface area contributed by atoms with E-state index >= 15 is 0 Å². The zero-order valence-electron chi connectivity index (χ0n) is 11.3. The molecular formula is C13H27N3O. The second-order valence-electron chi connectivity index (χ2n) is 4.88. The van der Waals surface area contributed by atoms with Gasteiger partial charge in [-0.2, -0.15) is 0 Å². The molecule has 2 N–H and O–H groups in total. The maximum absolute atomic E-state index is 12.2. The van der Waals surface area contributed by atoms with E-state index in [1.807, 2.05) is 4.90 Å². The Balaban J connectivity index is 2.44. The Bertz CT molecular complexity index is 227. The molecule has 1 atom stereocenters. The van der Waals surface area contributed by atoms with E-state index in [2.05, 4.69) is 18.7 Å². The average molecular weight is 241 g/mol. The summed E-state index contributed by atoms with van der Waals surface area (Å²) < 4.78 is 0. The number of carbonyl (C=O) groups is 1. The van der Waals surface area contributed by atoms with Gasteiger partial charge >= 0.3 is 0 Å². The molecule has 0 aromatic rings. The number of hydrogen-bond donors (Lipinski definition) is 1. The van der Waals surface area contributed by atoms with Gasteiger partial charge in [-0.3, -0.25) is 9.69 Å². The summed E-state index contributed by atoms with van der Waals surface area (Å²) in [6.45, 7) is 8.26. The maximum atomic E-state index is 12.2. The van der Waals surface area contributed by atoms with Crippen LogP contribution in [0.15, 0.2) is 0 Å². The second-order valence-corrected chi connectivity index (χ2v) is 4.88. The lowest BCUT2D eigenvalue weighted by molar-refractivity contribution is -0.132. The molecule has 100 valence electrons. The molecular weight excluding hydrogens is 214 g/mol. The SMILES string of the molecule is CCCN(CCC)C(=O)CN1CCCC1CN. The van der Waals surface area contributed by atoms with Crippen LogP contribution in [0.2, 0.25) is 0 Å². The van der Waals surface area contributed by atoms with Gasteiger partial charge in [-0.1, -0.05) is 13.8 Å². The third-order valence-corrected chi connectivity index (χ3v) is 3.45. The average Bonchev–Trinajstić information content (AvgIpc) is 2.76. The smallest absolute Gasteiger partial charge is 0.236 e. The molecule has 4 nitrogen and oxygen atoms in total. The molecule has 1 rings (SSSR count). The molecule has 1 saturated heterocycles. The van der Waals surface area contributed by atoms with Crippen molar-refractivity contribution in [2.45, 2.75) is 45.6 Å². The predicted molar refractivity (Wildman–Crippen MR) is 70.8 cm³/mol. The van der Waals surface area contributed by atoms with Gasteiger partial charge in [0.15, 0.2) is 0 Å². The number of nitrogens with two attached hydrogens (primary N) is 1. The van der Waals surface area contributed by atoms with Crippen molar-refractivity contribution >= 4 is 5.91 Å². The Morgan fingerprint density at radius 1 is 1.35 bits per heavy atom. The van der Waals surface area contributed by atoms with Crippen LogP contribution < -0.4 is 5.73 Å². The molecule has 1 heterocycles. The van der Waals surface area contributed by atoms with Gasteiger partial charge in [0.1, 0.15) is 0 Å². The van der Waals surface area contributed by atoms with Crippen molar-refractivity contribution in [3.63, 3.8) is 0 Å². The van der Waals surface area contributed by atoms with Crippen molar-refractivity contribution < 1.29 is 4.79 Å². The van der Waals surface area contributed by atoms with Crippen molar-refractivity contribution in [2.75, 3.05) is 32.7 Å². The number of hydrogen-bond acceptors (Lipinski definition) is 3. The maximum Gasteiger partial charge on any atom is 0.236 e. The molecule has 1 unspecified atom stereocenters. The van der Waals surface area contributed by atoms with Crippen molar-refractivity contribution in [2.24, 2.45) is 5.73 Å². The molecule has 4 heteroatoms. The van der Waals surface area contributed by atoms with E-state index in [0.717, 1.165) is 38.9 Å². The third kappa shape index (κ3) is 4.28. The van der Waals surface area contributed by atoms with Crippen molar-refractivity contribution in [1.82, 2.24) is 9.80 Å². The van der Waals surface area contributed by atoms with Crippen LogP contribution >= 0.6 is 0 Å². The first-order chi connectivity index (χ1) is 8.22. The third-order valence-electron chi connectivity index (χ3n) is 3.45. The fourth-order valence-electron chi connectivity index (χ4n) is 2.55. The molecule has 0 radical (unpaired) electrons. The highest BCUT2D eigenvalue weighted by molar-refractivity contribution is 5.78. The van der Waals surface area contributed by atoms with Crippen LogP contribution in [0.25, 0.3) is 0 Å². The zero-order chi connectivity index (χ0) is 12.7. The van der Waals surface area contributed by atoms with Gasteiger partial charge in [0.05, 0.1) is 6.54 Å². The van der Waals surface area contributed by atoms with E-state index in [1.165, 1.54) is 6.42 Å². The first kappa shape index (κ1) is 14.5. The van der Waals surface area contributed by atoms with Crippen molar-refractivity contribution in [3.05, 3.63) is 0 Å². The molecule has 17 heavy (non-hydrogen) atoms. The van der Waals surface area contributed by atoms with Crippen LogP contribution in [0.4, 0.5) is 0 Å². The molecule has 0 aliphatic carbocycles. The zero-order valence-corrected chi connectivity index (χ0v) is 11.3. The van der Waals surface area contributed by atoms with E-state index in [-0.39, 0.29) is 5.91 Å². The molecule has 1 fully saturated rings. The molecule has 0 aromatic carbocycles. The van der Waals surface area contributed by atoms with Gasteiger partial charge in [-0.25, -0.2) is 0 Å². The van der Waals surface area contributed by atoms with E-state index in [9.17, 15) is 4.79 Å². The van der Waals surface area contributed by atoms with Gasteiger partial charge in [-0.15, -0.1) is 0 Å². The predicted octanol–water partition coefficient (Wildman–Crippen LogP) is 1.06. The van der Waals surface area contributed by atoms with E-state index < -0.39 is 0 Å². The van der Waals surface area contributed by atoms with Gasteiger partial charge < -0.3 is 10.6 Å². The summed E-state index contributed by atoms with van der Waals surface area (Å²) in [6, 6.07) is 0.420. The summed E-state index contributed by atoms with van der Waals surface area (Å²) in [6.07, 6.45) is 4.39. The minimum atomic E-state index is 0.272. The van der Waals surface area contributed by atoms with Crippen LogP contribution in [0.3, 0.4) is 0 Å². The summed E-state index contributed by atoms with van der Waals surface area (Å²) >= 11 is 0. The van der Waals surface area contributed by atoms with Crippen LogP contribution in [0.1, 0.15) is 39.5 Å². The minimum absolute atomic E-state index is 0.272. The normalized spacial score (nSPS) is 20.8. The largest absolute Gasteiger partial charge is 0.342 e. The highest BCUT2D eigenvalue weighted by Crippen LogP contribution is 2.15. The van der Waals surface area contributed by atoms with Gasteiger partial charge in [0.25, 0.3) is 0 Å². The van der Waals surface area contributed by atoms with E-state index in [1.54, 1.807) is 0 Å². The number of amides is 1. The number of carbonyl (C=O) groups excluding carboxylic acids is 1. The van der Waals surface area contributed by atoms with Crippen LogP contribution in [-0.2, 0) is 4.79 Å². The topological polar surface area (TPSA) is 49.6 Å². The highest BCUT2D eigenvalue weighted by atomic mass is 16.2. The van der Waals surface area contributed by atoms with Crippen LogP contribution in [0, 0.1) is 0 Å². The minimum Gasteiger partial charge on any atom is -0.342 e. The molecule has 0 aromatic heterocycles. The fraction of sp³-hybridized carbons (Fsp3) is 0.923. The van der Waals surface area contributed by atoms with Crippen LogP contribution in [-0.4, -0.2) is 54.5 Å². The number of rotatable bonds is 7. The van der Waals surface area contributed by atoms with Gasteiger partial charge in [0.2, 0.25) is 5.91 Å². The van der Waals surface area contributed by atoms with Gasteiger partial charge in [-0.05, 0) is 32.2 Å².